The molecule has 5 nitrogen and oxygen atoms in total. The second-order valence-electron chi connectivity index (χ2n) is 15.6. The van der Waals surface area contributed by atoms with E-state index in [4.69, 9.17) is 15.1 Å². The standard InChI is InChI=1S/C57H37N5/c1-5-18-38(19-6-1)48-37-49(59-57(58-48)47-29-17-31-51-54(47)46-28-15-16-30-50(46)61(51)44-25-11-4-12-26-44)39-32-34-40(35-33-39)52-36-43-24-13-14-27-45(43)56-53(41-20-7-2-8-21-41)55(60-62(52)56)42-22-9-3-10-23-42/h1-37H. The Bertz CT molecular complexity index is 3590. The molecule has 8 aromatic carbocycles. The van der Waals surface area contributed by atoms with Crippen LogP contribution in [0.5, 0.6) is 0 Å². The molecule has 0 aliphatic rings. The molecule has 0 aliphatic carbocycles. The van der Waals surface area contributed by atoms with Crippen LogP contribution in [0.15, 0.2) is 224 Å². The summed E-state index contributed by atoms with van der Waals surface area (Å²) in [5.74, 6) is 0.682. The SMILES string of the molecule is c1ccc(-c2cc(-c3ccc(-c4cc5ccccc5c5c(-c6ccccc6)c(-c6ccccc6)nn45)cc3)nc(-c3cccc4c3c3ccccc3n4-c3ccccc3)n2)cc1. The van der Waals surface area contributed by atoms with E-state index in [0.717, 1.165) is 106 Å². The Kier molecular flexibility index (Phi) is 8.42. The number of fused-ring (bicyclic) bond motifs is 6. The molecule has 0 aliphatic heterocycles. The summed E-state index contributed by atoms with van der Waals surface area (Å²) in [4.78, 5) is 10.7. The molecule has 12 aromatic rings. The zero-order valence-electron chi connectivity index (χ0n) is 33.6. The Balaban J connectivity index is 1.04. The molecule has 0 N–H and O–H groups in total. The highest BCUT2D eigenvalue weighted by Crippen LogP contribution is 2.42. The molecule has 4 heterocycles. The summed E-state index contributed by atoms with van der Waals surface area (Å²) in [7, 11) is 0. The molecule has 12 rings (SSSR count). The van der Waals surface area contributed by atoms with E-state index < -0.39 is 0 Å². The van der Waals surface area contributed by atoms with E-state index in [-0.39, 0.29) is 0 Å². The number of aromatic nitrogens is 5. The van der Waals surface area contributed by atoms with Crippen molar-refractivity contribution < 1.29 is 0 Å². The van der Waals surface area contributed by atoms with Crippen molar-refractivity contribution in [3.05, 3.63) is 224 Å². The molecular formula is C57H37N5. The molecule has 0 saturated carbocycles. The van der Waals surface area contributed by atoms with Crippen LogP contribution in [-0.4, -0.2) is 24.1 Å². The first-order chi connectivity index (χ1) is 30.8. The van der Waals surface area contributed by atoms with Gasteiger partial charge in [0, 0.05) is 55.2 Å². The third-order valence-corrected chi connectivity index (χ3v) is 12.0. The van der Waals surface area contributed by atoms with E-state index in [1.165, 1.54) is 0 Å². The molecule has 0 unspecified atom stereocenters. The molecule has 5 heteroatoms. The summed E-state index contributed by atoms with van der Waals surface area (Å²) in [6, 6.07) is 78.9. The summed E-state index contributed by atoms with van der Waals surface area (Å²) in [5.41, 5.74) is 15.6. The van der Waals surface area contributed by atoms with Crippen LogP contribution in [0.2, 0.25) is 0 Å². The Hall–Kier alpha value is -8.41. The fourth-order valence-electron chi connectivity index (χ4n) is 9.12. The number of rotatable bonds is 7. The molecule has 0 atom stereocenters. The Morgan fingerprint density at radius 1 is 0.387 bits per heavy atom. The van der Waals surface area contributed by atoms with Crippen molar-refractivity contribution in [3.8, 4) is 73.2 Å². The van der Waals surface area contributed by atoms with Crippen LogP contribution in [0.25, 0.3) is 111 Å². The summed E-state index contributed by atoms with van der Waals surface area (Å²) in [6.07, 6.45) is 0. The summed E-state index contributed by atoms with van der Waals surface area (Å²) in [6.45, 7) is 0. The Morgan fingerprint density at radius 3 is 1.65 bits per heavy atom. The molecule has 62 heavy (non-hydrogen) atoms. The van der Waals surface area contributed by atoms with Crippen LogP contribution >= 0.6 is 0 Å². The second kappa shape index (κ2) is 14.7. The van der Waals surface area contributed by atoms with Gasteiger partial charge >= 0.3 is 0 Å². The fraction of sp³-hybridized carbons (Fsp3) is 0. The first kappa shape index (κ1) is 35.5. The molecular weight excluding hydrogens is 755 g/mol. The van der Waals surface area contributed by atoms with Gasteiger partial charge in [0.2, 0.25) is 0 Å². The van der Waals surface area contributed by atoms with Crippen LogP contribution in [0.4, 0.5) is 0 Å². The molecule has 0 amide bonds. The van der Waals surface area contributed by atoms with Crippen LogP contribution in [0.3, 0.4) is 0 Å². The lowest BCUT2D eigenvalue weighted by Crippen LogP contribution is -1.98. The second-order valence-corrected chi connectivity index (χ2v) is 15.6. The summed E-state index contributed by atoms with van der Waals surface area (Å²) in [5, 5.41) is 10.0. The topological polar surface area (TPSA) is 48.0 Å². The number of nitrogens with zero attached hydrogens (tertiary/aromatic N) is 5. The highest BCUT2D eigenvalue weighted by Gasteiger charge is 2.22. The van der Waals surface area contributed by atoms with Crippen molar-refractivity contribution in [3.63, 3.8) is 0 Å². The van der Waals surface area contributed by atoms with Crippen molar-refractivity contribution in [1.29, 1.82) is 0 Å². The molecule has 0 bridgehead atoms. The number of benzene rings is 8. The highest BCUT2D eigenvalue weighted by atomic mass is 15.2. The third kappa shape index (κ3) is 5.90. The number of para-hydroxylation sites is 2. The number of hydrogen-bond donors (Lipinski definition) is 0. The molecule has 4 aromatic heterocycles. The van der Waals surface area contributed by atoms with Crippen molar-refractivity contribution in [2.24, 2.45) is 0 Å². The van der Waals surface area contributed by atoms with E-state index in [1.807, 2.05) is 6.07 Å². The lowest BCUT2D eigenvalue weighted by molar-refractivity contribution is 0.979. The van der Waals surface area contributed by atoms with Gasteiger partial charge in [0.05, 0.1) is 33.6 Å². The minimum absolute atomic E-state index is 0.682. The van der Waals surface area contributed by atoms with Crippen LogP contribution in [0.1, 0.15) is 0 Å². The maximum absolute atomic E-state index is 5.42. The van der Waals surface area contributed by atoms with E-state index in [9.17, 15) is 0 Å². The average Bonchev–Trinajstić information content (AvgIpc) is 3.92. The van der Waals surface area contributed by atoms with Gasteiger partial charge in [0.25, 0.3) is 0 Å². The molecule has 290 valence electrons. The van der Waals surface area contributed by atoms with E-state index >= 15 is 0 Å². The third-order valence-electron chi connectivity index (χ3n) is 12.0. The van der Waals surface area contributed by atoms with Gasteiger partial charge < -0.3 is 4.57 Å². The largest absolute Gasteiger partial charge is 0.309 e. The van der Waals surface area contributed by atoms with Crippen molar-refractivity contribution in [1.82, 2.24) is 24.1 Å². The quantitative estimate of drug-likeness (QED) is 0.162. The van der Waals surface area contributed by atoms with Crippen LogP contribution < -0.4 is 0 Å². The van der Waals surface area contributed by atoms with Gasteiger partial charge in [-0.05, 0) is 47.3 Å². The van der Waals surface area contributed by atoms with Crippen molar-refractivity contribution >= 4 is 38.1 Å². The lowest BCUT2D eigenvalue weighted by Gasteiger charge is -2.13. The van der Waals surface area contributed by atoms with Gasteiger partial charge in [-0.3, -0.25) is 0 Å². The Morgan fingerprint density at radius 2 is 0.935 bits per heavy atom. The van der Waals surface area contributed by atoms with Crippen LogP contribution in [-0.2, 0) is 0 Å². The molecule has 0 saturated heterocycles. The minimum atomic E-state index is 0.682. The minimum Gasteiger partial charge on any atom is -0.309 e. The van der Waals surface area contributed by atoms with Crippen LogP contribution in [0, 0.1) is 0 Å². The van der Waals surface area contributed by atoms with Gasteiger partial charge in [-0.2, -0.15) is 5.10 Å². The van der Waals surface area contributed by atoms with Gasteiger partial charge in [0.15, 0.2) is 5.82 Å². The first-order valence-corrected chi connectivity index (χ1v) is 21.0. The zero-order valence-corrected chi connectivity index (χ0v) is 33.6. The van der Waals surface area contributed by atoms with E-state index in [2.05, 4.69) is 227 Å². The highest BCUT2D eigenvalue weighted by molar-refractivity contribution is 6.15. The predicted octanol–water partition coefficient (Wildman–Crippen LogP) is 14.4. The zero-order chi connectivity index (χ0) is 41.0. The van der Waals surface area contributed by atoms with Gasteiger partial charge in [-0.15, -0.1) is 0 Å². The molecule has 0 radical (unpaired) electrons. The average molecular weight is 792 g/mol. The maximum Gasteiger partial charge on any atom is 0.161 e. The number of pyridine rings is 1. The molecule has 0 fully saturated rings. The normalized spacial score (nSPS) is 11.5. The smallest absolute Gasteiger partial charge is 0.161 e. The first-order valence-electron chi connectivity index (χ1n) is 21.0. The van der Waals surface area contributed by atoms with Gasteiger partial charge in [0.1, 0.15) is 5.69 Å². The van der Waals surface area contributed by atoms with Crippen molar-refractivity contribution in [2.45, 2.75) is 0 Å². The van der Waals surface area contributed by atoms with Crippen molar-refractivity contribution in [2.75, 3.05) is 0 Å². The van der Waals surface area contributed by atoms with E-state index in [1.54, 1.807) is 0 Å². The monoisotopic (exact) mass is 791 g/mol. The predicted molar refractivity (Wildman–Crippen MR) is 255 cm³/mol. The fourth-order valence-corrected chi connectivity index (χ4v) is 9.12. The summed E-state index contributed by atoms with van der Waals surface area (Å²) >= 11 is 0. The van der Waals surface area contributed by atoms with E-state index in [0.29, 0.717) is 5.82 Å². The molecule has 0 spiro atoms. The van der Waals surface area contributed by atoms with Gasteiger partial charge in [-0.1, -0.05) is 188 Å². The Labute approximate surface area is 358 Å². The maximum atomic E-state index is 5.42. The number of hydrogen-bond acceptors (Lipinski definition) is 3. The lowest BCUT2D eigenvalue weighted by atomic mass is 9.97. The summed E-state index contributed by atoms with van der Waals surface area (Å²) < 4.78 is 4.48. The van der Waals surface area contributed by atoms with Gasteiger partial charge in [-0.25, -0.2) is 14.5 Å².